The van der Waals surface area contributed by atoms with Crippen LogP contribution in [0.1, 0.15) is 10.5 Å². The molecule has 6 heteroatoms. The molecule has 2 rings (SSSR count). The lowest BCUT2D eigenvalue weighted by atomic mass is 10.2. The Balaban J connectivity index is 2.23. The molecule has 0 unspecified atom stereocenters. The molecule has 0 spiro atoms. The van der Waals surface area contributed by atoms with Crippen LogP contribution in [0.2, 0.25) is 0 Å². The van der Waals surface area contributed by atoms with Crippen LogP contribution in [0.4, 0.5) is 11.4 Å². The number of anilines is 2. The predicted octanol–water partition coefficient (Wildman–Crippen LogP) is 1.26. The molecule has 3 N–H and O–H groups in total. The molecule has 6 nitrogen and oxygen atoms in total. The van der Waals surface area contributed by atoms with Crippen molar-refractivity contribution in [1.29, 1.82) is 0 Å². The number of nitrogens with zero attached hydrogens (tertiary/aromatic N) is 2. The fraction of sp³-hybridized carbons (Fsp3) is 0.167. The monoisotopic (exact) mass is 246 g/mol. The molecule has 18 heavy (non-hydrogen) atoms. The van der Waals surface area contributed by atoms with Crippen LogP contribution in [0, 0.1) is 0 Å². The number of nitrogens with one attached hydrogen (secondary N) is 1. The lowest BCUT2D eigenvalue weighted by molar-refractivity contribution is 0.102. The van der Waals surface area contributed by atoms with Gasteiger partial charge in [-0.05, 0) is 18.2 Å². The van der Waals surface area contributed by atoms with Gasteiger partial charge >= 0.3 is 0 Å². The van der Waals surface area contributed by atoms with E-state index >= 15 is 0 Å². The summed E-state index contributed by atoms with van der Waals surface area (Å²) in [6, 6.07) is 5.04. The number of amides is 1. The van der Waals surface area contributed by atoms with Gasteiger partial charge < -0.3 is 20.4 Å². The van der Waals surface area contributed by atoms with Crippen molar-refractivity contribution < 1.29 is 9.53 Å². The summed E-state index contributed by atoms with van der Waals surface area (Å²) in [7, 11) is 3.33. The highest BCUT2D eigenvalue weighted by atomic mass is 16.5. The van der Waals surface area contributed by atoms with Gasteiger partial charge in [0.05, 0.1) is 19.1 Å². The minimum absolute atomic E-state index is 0.306. The first-order valence-electron chi connectivity index (χ1n) is 5.33. The van der Waals surface area contributed by atoms with E-state index in [0.717, 1.165) is 0 Å². The zero-order chi connectivity index (χ0) is 13.1. The van der Waals surface area contributed by atoms with E-state index in [0.29, 0.717) is 22.8 Å². The van der Waals surface area contributed by atoms with Crippen LogP contribution in [0.5, 0.6) is 5.75 Å². The Morgan fingerprint density at radius 1 is 1.50 bits per heavy atom. The molecule has 1 amide bonds. The topological polar surface area (TPSA) is 82.2 Å². The first-order chi connectivity index (χ1) is 8.60. The molecule has 0 aliphatic rings. The standard InChI is InChI=1S/C12H14N4O2/c1-16-6-10(14-7-16)12(17)15-9-5-8(13)3-4-11(9)18-2/h3-7H,13H2,1-2H3,(H,15,17). The van der Waals surface area contributed by atoms with E-state index in [1.54, 1.807) is 42.3 Å². The van der Waals surface area contributed by atoms with E-state index in [4.69, 9.17) is 10.5 Å². The van der Waals surface area contributed by atoms with Crippen molar-refractivity contribution in [3.05, 3.63) is 36.4 Å². The number of methoxy groups -OCH3 is 1. The molecule has 1 heterocycles. The summed E-state index contributed by atoms with van der Waals surface area (Å²) in [5.74, 6) is 0.244. The summed E-state index contributed by atoms with van der Waals surface area (Å²) in [6.07, 6.45) is 3.19. The highest BCUT2D eigenvalue weighted by Crippen LogP contribution is 2.26. The number of carbonyl (C=O) groups excluding carboxylic acids is 1. The van der Waals surface area contributed by atoms with E-state index in [2.05, 4.69) is 10.3 Å². The van der Waals surface area contributed by atoms with E-state index in [1.165, 1.54) is 7.11 Å². The minimum atomic E-state index is -0.306. The lowest BCUT2D eigenvalue weighted by Crippen LogP contribution is -2.13. The molecule has 0 saturated heterocycles. The van der Waals surface area contributed by atoms with Crippen LogP contribution in [-0.2, 0) is 7.05 Å². The molecular weight excluding hydrogens is 232 g/mol. The Hall–Kier alpha value is -2.50. The van der Waals surface area contributed by atoms with Crippen LogP contribution in [0.25, 0.3) is 0 Å². The Kier molecular flexibility index (Phi) is 3.18. The van der Waals surface area contributed by atoms with Crippen LogP contribution >= 0.6 is 0 Å². The van der Waals surface area contributed by atoms with E-state index in [1.807, 2.05) is 0 Å². The van der Waals surface area contributed by atoms with Gasteiger partial charge in [-0.25, -0.2) is 4.98 Å². The zero-order valence-corrected chi connectivity index (χ0v) is 10.2. The lowest BCUT2D eigenvalue weighted by Gasteiger charge is -2.09. The van der Waals surface area contributed by atoms with Crippen molar-refractivity contribution in [2.75, 3.05) is 18.2 Å². The van der Waals surface area contributed by atoms with Crippen molar-refractivity contribution in [3.63, 3.8) is 0 Å². The molecule has 0 fully saturated rings. The van der Waals surface area contributed by atoms with Gasteiger partial charge in [0, 0.05) is 18.9 Å². The number of carbonyl (C=O) groups is 1. The van der Waals surface area contributed by atoms with Crippen molar-refractivity contribution in [3.8, 4) is 5.75 Å². The highest BCUT2D eigenvalue weighted by Gasteiger charge is 2.12. The molecule has 94 valence electrons. The number of hydrogen-bond acceptors (Lipinski definition) is 4. The Bertz CT molecular complexity index is 577. The van der Waals surface area contributed by atoms with Crippen LogP contribution in [0.3, 0.4) is 0 Å². The quantitative estimate of drug-likeness (QED) is 0.799. The summed E-state index contributed by atoms with van der Waals surface area (Å²) in [5.41, 5.74) is 7.08. The molecule has 0 bridgehead atoms. The fourth-order valence-corrected chi connectivity index (χ4v) is 1.54. The van der Waals surface area contributed by atoms with Gasteiger partial charge in [-0.3, -0.25) is 4.79 Å². The van der Waals surface area contributed by atoms with Crippen molar-refractivity contribution in [2.45, 2.75) is 0 Å². The first-order valence-corrected chi connectivity index (χ1v) is 5.33. The van der Waals surface area contributed by atoms with Gasteiger partial charge in [0.25, 0.3) is 5.91 Å². The maximum Gasteiger partial charge on any atom is 0.275 e. The normalized spacial score (nSPS) is 10.1. The molecule has 0 atom stereocenters. The molecule has 0 aliphatic heterocycles. The van der Waals surface area contributed by atoms with Gasteiger partial charge in [-0.2, -0.15) is 0 Å². The second-order valence-electron chi connectivity index (χ2n) is 3.84. The van der Waals surface area contributed by atoms with Crippen LogP contribution in [-0.4, -0.2) is 22.6 Å². The highest BCUT2D eigenvalue weighted by molar-refractivity contribution is 6.03. The predicted molar refractivity (Wildman–Crippen MR) is 68.6 cm³/mol. The molecular formula is C12H14N4O2. The average molecular weight is 246 g/mol. The number of benzene rings is 1. The smallest absolute Gasteiger partial charge is 0.275 e. The number of nitrogens with two attached hydrogens (primary N) is 1. The Morgan fingerprint density at radius 3 is 2.89 bits per heavy atom. The number of ether oxygens (including phenoxy) is 1. The number of imidazole rings is 1. The van der Waals surface area contributed by atoms with Gasteiger partial charge in [0.1, 0.15) is 11.4 Å². The average Bonchev–Trinajstić information content (AvgIpc) is 2.76. The molecule has 1 aromatic heterocycles. The minimum Gasteiger partial charge on any atom is -0.495 e. The second-order valence-corrected chi connectivity index (χ2v) is 3.84. The number of hydrogen-bond donors (Lipinski definition) is 2. The third kappa shape index (κ3) is 2.42. The SMILES string of the molecule is COc1ccc(N)cc1NC(=O)c1cn(C)cn1. The summed E-state index contributed by atoms with van der Waals surface area (Å²) < 4.78 is 6.85. The first kappa shape index (κ1) is 12.0. The number of rotatable bonds is 3. The van der Waals surface area contributed by atoms with Gasteiger partial charge in [0.2, 0.25) is 0 Å². The maximum absolute atomic E-state index is 11.9. The second kappa shape index (κ2) is 4.79. The number of aryl methyl sites for hydroxylation is 1. The van der Waals surface area contributed by atoms with Crippen LogP contribution in [0.15, 0.2) is 30.7 Å². The van der Waals surface area contributed by atoms with Crippen molar-refractivity contribution in [2.24, 2.45) is 7.05 Å². The number of aromatic nitrogens is 2. The Morgan fingerprint density at radius 2 is 2.28 bits per heavy atom. The third-order valence-corrected chi connectivity index (χ3v) is 2.41. The summed E-state index contributed by atoms with van der Waals surface area (Å²) in [6.45, 7) is 0. The van der Waals surface area contributed by atoms with E-state index < -0.39 is 0 Å². The van der Waals surface area contributed by atoms with Gasteiger partial charge in [0.15, 0.2) is 0 Å². The summed E-state index contributed by atoms with van der Waals surface area (Å²) in [4.78, 5) is 15.9. The molecule has 2 aromatic rings. The van der Waals surface area contributed by atoms with Crippen molar-refractivity contribution in [1.82, 2.24) is 9.55 Å². The molecule has 0 saturated carbocycles. The maximum atomic E-state index is 11.9. The fourth-order valence-electron chi connectivity index (χ4n) is 1.54. The van der Waals surface area contributed by atoms with E-state index in [-0.39, 0.29) is 5.91 Å². The summed E-state index contributed by atoms with van der Waals surface area (Å²) >= 11 is 0. The molecule has 0 radical (unpaired) electrons. The zero-order valence-electron chi connectivity index (χ0n) is 10.2. The third-order valence-electron chi connectivity index (χ3n) is 2.41. The molecule has 0 aliphatic carbocycles. The summed E-state index contributed by atoms with van der Waals surface area (Å²) in [5, 5.41) is 2.71. The van der Waals surface area contributed by atoms with Crippen molar-refractivity contribution >= 4 is 17.3 Å². The molecule has 1 aromatic carbocycles. The van der Waals surface area contributed by atoms with Gasteiger partial charge in [-0.1, -0.05) is 0 Å². The Labute approximate surface area is 104 Å². The largest absolute Gasteiger partial charge is 0.495 e. The van der Waals surface area contributed by atoms with E-state index in [9.17, 15) is 4.79 Å². The van der Waals surface area contributed by atoms with Gasteiger partial charge in [-0.15, -0.1) is 0 Å². The van der Waals surface area contributed by atoms with Crippen LogP contribution < -0.4 is 15.8 Å². The number of nitrogen functional groups attached to an aromatic ring is 1.